The molecule has 0 spiro atoms. The molecular formula is C13H15K-2. The van der Waals surface area contributed by atoms with Crippen molar-refractivity contribution in [1.82, 2.24) is 0 Å². The molecule has 0 unspecified atom stereocenters. The molecule has 0 N–H and O–H groups in total. The monoisotopic (exact) mass is 210 g/mol. The van der Waals surface area contributed by atoms with Crippen LogP contribution < -0.4 is 51.4 Å². The molecule has 0 saturated carbocycles. The topological polar surface area (TPSA) is 0 Å². The Morgan fingerprint density at radius 3 is 2.21 bits per heavy atom. The van der Waals surface area contributed by atoms with Crippen molar-refractivity contribution < 1.29 is 51.4 Å². The third-order valence-electron chi connectivity index (χ3n) is 1.57. The van der Waals surface area contributed by atoms with E-state index in [2.05, 4.69) is 31.2 Å². The summed E-state index contributed by atoms with van der Waals surface area (Å²) < 4.78 is 0. The average molecular weight is 210 g/mol. The fraction of sp³-hybridized carbons (Fsp3) is 0.0769. The molecule has 2 aromatic carbocycles. The van der Waals surface area contributed by atoms with Crippen LogP contribution in [0, 0.1) is 20.4 Å². The first-order valence-electron chi connectivity index (χ1n) is 4.03. The first kappa shape index (κ1) is 16.8. The van der Waals surface area contributed by atoms with Crippen molar-refractivity contribution in [1.29, 1.82) is 0 Å². The van der Waals surface area contributed by atoms with E-state index in [4.69, 9.17) is 0 Å². The summed E-state index contributed by atoms with van der Waals surface area (Å²) in [7, 11) is 0. The van der Waals surface area contributed by atoms with Gasteiger partial charge >= 0.3 is 51.4 Å². The van der Waals surface area contributed by atoms with Gasteiger partial charge in [0.15, 0.2) is 0 Å². The second-order valence-corrected chi connectivity index (χ2v) is 2.26. The summed E-state index contributed by atoms with van der Waals surface area (Å²) >= 11 is 0. The first-order chi connectivity index (χ1) is 5.97. The molecule has 0 aliphatic heterocycles. The van der Waals surface area contributed by atoms with Crippen LogP contribution in [-0.2, 0) is 0 Å². The van der Waals surface area contributed by atoms with Crippen LogP contribution in [0.3, 0.4) is 0 Å². The summed E-state index contributed by atoms with van der Waals surface area (Å²) in [4.78, 5) is 0. The molecule has 0 amide bonds. The number of rotatable bonds is 0. The van der Waals surface area contributed by atoms with E-state index in [1.807, 2.05) is 24.3 Å². The van der Waals surface area contributed by atoms with Crippen molar-refractivity contribution in [2.24, 2.45) is 0 Å². The van der Waals surface area contributed by atoms with Crippen LogP contribution in [0.5, 0.6) is 0 Å². The van der Waals surface area contributed by atoms with Gasteiger partial charge in [-0.2, -0.15) is 6.92 Å². The largest absolute Gasteiger partial charge is 1.00 e. The van der Waals surface area contributed by atoms with Crippen LogP contribution in [0.1, 0.15) is 6.92 Å². The van der Waals surface area contributed by atoms with Crippen molar-refractivity contribution in [2.75, 3.05) is 0 Å². The summed E-state index contributed by atoms with van der Waals surface area (Å²) in [6.45, 7) is 5.00. The molecule has 0 fully saturated rings. The number of hydrogen-bond donors (Lipinski definition) is 0. The molecule has 1 heteroatoms. The predicted molar refractivity (Wildman–Crippen MR) is 60.2 cm³/mol. The minimum atomic E-state index is 0. The second-order valence-electron chi connectivity index (χ2n) is 2.26. The Bertz CT molecular complexity index is 276. The molecule has 0 heterocycles. The van der Waals surface area contributed by atoms with Crippen LogP contribution in [0.2, 0.25) is 0 Å². The summed E-state index contributed by atoms with van der Waals surface area (Å²) in [5.74, 6) is 0. The molecule has 0 aliphatic carbocycles. The maximum Gasteiger partial charge on any atom is 1.00 e. The molecule has 0 nitrogen and oxygen atoms in total. The minimum Gasteiger partial charge on any atom is -0.358 e. The number of hydrogen-bond acceptors (Lipinski definition) is 0. The van der Waals surface area contributed by atoms with Crippen molar-refractivity contribution in [3.8, 4) is 0 Å². The summed E-state index contributed by atoms with van der Waals surface area (Å²) in [6, 6.07) is 17.4. The van der Waals surface area contributed by atoms with E-state index >= 15 is 0 Å². The Hall–Kier alpha value is 0.336. The maximum atomic E-state index is 3.25. The number of fused-ring (bicyclic) bond motifs is 1. The standard InChI is InChI=1S/C10H7.C2H5.CH3.K/c1-2-6-10-8-4-3-7-9(10)5-1;1-2;;/h1-7H;1H2,2H3;1H3;/q3*-1;+1. The van der Waals surface area contributed by atoms with Gasteiger partial charge in [0.1, 0.15) is 0 Å². The van der Waals surface area contributed by atoms with Crippen molar-refractivity contribution >= 4 is 10.8 Å². The molecule has 0 saturated heterocycles. The SMILES string of the molecule is [CH2-]C.[CH3-].[K+].[c-]1cccc2ccccc12. The number of benzene rings is 2. The van der Waals surface area contributed by atoms with E-state index in [-0.39, 0.29) is 58.8 Å². The molecular weight excluding hydrogens is 195 g/mol. The van der Waals surface area contributed by atoms with Crippen molar-refractivity contribution in [3.63, 3.8) is 0 Å². The van der Waals surface area contributed by atoms with Gasteiger partial charge in [-0.1, -0.05) is 12.1 Å². The van der Waals surface area contributed by atoms with E-state index in [0.29, 0.717) is 0 Å². The molecule has 0 aliphatic rings. The zero-order valence-corrected chi connectivity index (χ0v) is 12.4. The Morgan fingerprint density at radius 1 is 1.00 bits per heavy atom. The van der Waals surface area contributed by atoms with Gasteiger partial charge in [-0.25, -0.2) is 0 Å². The van der Waals surface area contributed by atoms with Gasteiger partial charge < -0.3 is 14.4 Å². The van der Waals surface area contributed by atoms with Gasteiger partial charge in [0.25, 0.3) is 0 Å². The van der Waals surface area contributed by atoms with E-state index < -0.39 is 0 Å². The third kappa shape index (κ3) is 4.72. The van der Waals surface area contributed by atoms with E-state index in [1.165, 1.54) is 10.8 Å². The zero-order valence-electron chi connectivity index (χ0n) is 9.25. The fourth-order valence-corrected chi connectivity index (χ4v) is 1.06. The Labute approximate surface area is 130 Å². The average Bonchev–Trinajstić information content (AvgIpc) is 2.21. The van der Waals surface area contributed by atoms with Crippen molar-refractivity contribution in [3.05, 3.63) is 62.9 Å². The third-order valence-corrected chi connectivity index (χ3v) is 1.57. The summed E-state index contributed by atoms with van der Waals surface area (Å²) in [6.07, 6.45) is 0. The van der Waals surface area contributed by atoms with E-state index in [1.54, 1.807) is 6.92 Å². The van der Waals surface area contributed by atoms with Gasteiger partial charge in [0.2, 0.25) is 0 Å². The Kier molecular flexibility index (Phi) is 11.8. The zero-order chi connectivity index (χ0) is 8.81. The first-order valence-corrected chi connectivity index (χ1v) is 4.03. The quantitative estimate of drug-likeness (QED) is 0.448. The molecule has 0 aromatic heterocycles. The Morgan fingerprint density at radius 2 is 1.57 bits per heavy atom. The predicted octanol–water partition coefficient (Wildman–Crippen LogP) is 0.935. The molecule has 0 radical (unpaired) electrons. The summed E-state index contributed by atoms with van der Waals surface area (Å²) in [5.41, 5.74) is 0. The van der Waals surface area contributed by atoms with Crippen LogP contribution >= 0.6 is 0 Å². The van der Waals surface area contributed by atoms with Gasteiger partial charge in [0.05, 0.1) is 0 Å². The molecule has 2 aromatic rings. The van der Waals surface area contributed by atoms with Crippen molar-refractivity contribution in [2.45, 2.75) is 6.92 Å². The second kappa shape index (κ2) is 9.87. The smallest absolute Gasteiger partial charge is 0.358 e. The van der Waals surface area contributed by atoms with Gasteiger partial charge in [-0.05, 0) is 0 Å². The fourth-order valence-electron chi connectivity index (χ4n) is 1.06. The van der Waals surface area contributed by atoms with E-state index in [9.17, 15) is 0 Å². The van der Waals surface area contributed by atoms with Gasteiger partial charge in [0, 0.05) is 0 Å². The van der Waals surface area contributed by atoms with Crippen LogP contribution in [-0.4, -0.2) is 0 Å². The molecule has 2 rings (SSSR count). The Balaban J connectivity index is 0. The van der Waals surface area contributed by atoms with Crippen LogP contribution in [0.15, 0.2) is 42.5 Å². The van der Waals surface area contributed by atoms with E-state index in [0.717, 1.165) is 0 Å². The minimum absolute atomic E-state index is 0. The molecule has 0 atom stereocenters. The van der Waals surface area contributed by atoms with Gasteiger partial charge in [-0.3, -0.25) is 0 Å². The molecule has 0 bridgehead atoms. The molecule has 14 heavy (non-hydrogen) atoms. The molecule has 70 valence electrons. The van der Waals surface area contributed by atoms with Crippen LogP contribution in [0.25, 0.3) is 10.8 Å². The summed E-state index contributed by atoms with van der Waals surface area (Å²) in [5, 5.41) is 2.44. The van der Waals surface area contributed by atoms with Gasteiger partial charge in [-0.15, -0.1) is 47.2 Å². The van der Waals surface area contributed by atoms with Crippen LogP contribution in [0.4, 0.5) is 0 Å². The maximum absolute atomic E-state index is 3.25. The normalized spacial score (nSPS) is 7.57.